The van der Waals surface area contributed by atoms with E-state index >= 15 is 0 Å². The molecule has 1 N–H and O–H groups in total. The lowest BCUT2D eigenvalue weighted by Crippen LogP contribution is -2.15. The second-order valence-electron chi connectivity index (χ2n) is 6.29. The number of nitrogens with zero attached hydrogens (tertiary/aromatic N) is 4. The Labute approximate surface area is 177 Å². The van der Waals surface area contributed by atoms with Crippen LogP contribution in [0.3, 0.4) is 0 Å². The number of aromatic nitrogens is 3. The predicted octanol–water partition coefficient (Wildman–Crippen LogP) is 3.92. The Morgan fingerprint density at radius 2 is 2.00 bits per heavy atom. The summed E-state index contributed by atoms with van der Waals surface area (Å²) in [4.78, 5) is 23.0. The smallest absolute Gasteiger partial charge is 0.274 e. The zero-order valence-corrected chi connectivity index (χ0v) is 17.6. The van der Waals surface area contributed by atoms with Crippen LogP contribution in [-0.4, -0.2) is 38.5 Å². The normalized spacial score (nSPS) is 10.6. The third kappa shape index (κ3) is 4.43. The molecule has 9 nitrogen and oxygen atoms in total. The lowest BCUT2D eigenvalue weighted by molar-refractivity contribution is -0.385. The molecule has 0 aliphatic rings. The van der Waals surface area contributed by atoms with Crippen LogP contribution in [0, 0.1) is 17.0 Å². The van der Waals surface area contributed by atoms with Gasteiger partial charge in [-0.25, -0.2) is 0 Å². The van der Waals surface area contributed by atoms with Gasteiger partial charge in [0.25, 0.3) is 5.69 Å². The molecule has 0 saturated carbocycles. The molecule has 3 rings (SSSR count). The number of benzene rings is 2. The van der Waals surface area contributed by atoms with Crippen LogP contribution in [-0.2, 0) is 11.3 Å². The number of hydrogen-bond donors (Lipinski definition) is 1. The maximum absolute atomic E-state index is 12.4. The highest BCUT2D eigenvalue weighted by Crippen LogP contribution is 2.31. The predicted molar refractivity (Wildman–Crippen MR) is 115 cm³/mol. The highest BCUT2D eigenvalue weighted by molar-refractivity contribution is 7.99. The standard InChI is InChI=1S/C20H21N5O4S/c1-4-24-19(14-8-5-6-11-17(14)29-3)22-23-20(24)30-12-18(26)21-15-9-7-10-16(13(15)2)25(27)28/h5-11H,4,12H2,1-3H3,(H,21,26). The highest BCUT2D eigenvalue weighted by atomic mass is 32.2. The fourth-order valence-corrected chi connectivity index (χ4v) is 3.78. The molecule has 0 bridgehead atoms. The van der Waals surface area contributed by atoms with E-state index in [1.54, 1.807) is 26.2 Å². The number of nitrogens with one attached hydrogen (secondary N) is 1. The summed E-state index contributed by atoms with van der Waals surface area (Å²) >= 11 is 1.25. The van der Waals surface area contributed by atoms with E-state index in [0.29, 0.717) is 34.5 Å². The first-order valence-electron chi connectivity index (χ1n) is 9.19. The minimum Gasteiger partial charge on any atom is -0.496 e. The maximum atomic E-state index is 12.4. The van der Waals surface area contributed by atoms with Gasteiger partial charge in [-0.2, -0.15) is 0 Å². The van der Waals surface area contributed by atoms with Crippen LogP contribution in [0.2, 0.25) is 0 Å². The number of carbonyl (C=O) groups excluding carboxylic acids is 1. The molecule has 0 aliphatic carbocycles. The SMILES string of the molecule is CCn1c(SCC(=O)Nc2cccc([N+](=O)[O-])c2C)nnc1-c1ccccc1OC. The Morgan fingerprint density at radius 3 is 2.70 bits per heavy atom. The van der Waals surface area contributed by atoms with Crippen LogP contribution in [0.5, 0.6) is 5.75 Å². The lowest BCUT2D eigenvalue weighted by atomic mass is 10.1. The van der Waals surface area contributed by atoms with Crippen molar-refractivity contribution in [3.05, 3.63) is 58.1 Å². The molecule has 3 aromatic rings. The molecule has 0 spiro atoms. The minimum atomic E-state index is -0.469. The third-order valence-corrected chi connectivity index (χ3v) is 5.46. The maximum Gasteiger partial charge on any atom is 0.274 e. The molecule has 0 aliphatic heterocycles. The van der Waals surface area contributed by atoms with Crippen LogP contribution in [0.4, 0.5) is 11.4 Å². The average molecular weight is 427 g/mol. The number of hydrogen-bond acceptors (Lipinski definition) is 7. The molecule has 0 saturated heterocycles. The van der Waals surface area contributed by atoms with Gasteiger partial charge in [-0.15, -0.1) is 10.2 Å². The number of para-hydroxylation sites is 1. The van der Waals surface area contributed by atoms with Crippen molar-refractivity contribution in [2.75, 3.05) is 18.2 Å². The molecular weight excluding hydrogens is 406 g/mol. The van der Waals surface area contributed by atoms with Crippen molar-refractivity contribution in [1.82, 2.24) is 14.8 Å². The van der Waals surface area contributed by atoms with Gasteiger partial charge in [0.15, 0.2) is 11.0 Å². The van der Waals surface area contributed by atoms with Crippen molar-refractivity contribution in [1.29, 1.82) is 0 Å². The van der Waals surface area contributed by atoms with E-state index in [4.69, 9.17) is 4.74 Å². The zero-order chi connectivity index (χ0) is 21.7. The van der Waals surface area contributed by atoms with Gasteiger partial charge in [0.05, 0.1) is 34.6 Å². The summed E-state index contributed by atoms with van der Waals surface area (Å²) in [6.45, 7) is 4.20. The Balaban J connectivity index is 1.74. The molecule has 30 heavy (non-hydrogen) atoms. The van der Waals surface area contributed by atoms with Crippen LogP contribution in [0.25, 0.3) is 11.4 Å². The molecule has 1 heterocycles. The number of ether oxygens (including phenoxy) is 1. The average Bonchev–Trinajstić information content (AvgIpc) is 3.16. The van der Waals surface area contributed by atoms with Crippen molar-refractivity contribution in [2.24, 2.45) is 0 Å². The van der Waals surface area contributed by atoms with Gasteiger partial charge in [0.2, 0.25) is 5.91 Å². The fourth-order valence-electron chi connectivity index (χ4n) is 2.98. The molecule has 2 aromatic carbocycles. The lowest BCUT2D eigenvalue weighted by Gasteiger charge is -2.11. The molecular formula is C20H21N5O4S. The number of rotatable bonds is 8. The Hall–Kier alpha value is -3.40. The summed E-state index contributed by atoms with van der Waals surface area (Å²) in [6, 6.07) is 12.1. The molecule has 1 aromatic heterocycles. The number of thioether (sulfide) groups is 1. The van der Waals surface area contributed by atoms with Crippen LogP contribution < -0.4 is 10.1 Å². The molecule has 156 valence electrons. The first-order valence-corrected chi connectivity index (χ1v) is 10.2. The number of nitro groups is 1. The van der Waals surface area contributed by atoms with Crippen molar-refractivity contribution >= 4 is 29.0 Å². The van der Waals surface area contributed by atoms with Crippen LogP contribution in [0.1, 0.15) is 12.5 Å². The van der Waals surface area contributed by atoms with E-state index < -0.39 is 4.92 Å². The van der Waals surface area contributed by atoms with E-state index in [9.17, 15) is 14.9 Å². The summed E-state index contributed by atoms with van der Waals surface area (Å²) in [5.41, 5.74) is 1.61. The zero-order valence-electron chi connectivity index (χ0n) is 16.8. The summed E-state index contributed by atoms with van der Waals surface area (Å²) in [6.07, 6.45) is 0. The first kappa shape index (κ1) is 21.3. The fraction of sp³-hybridized carbons (Fsp3) is 0.250. The first-order chi connectivity index (χ1) is 14.5. The molecule has 0 radical (unpaired) electrons. The van der Waals surface area contributed by atoms with Gasteiger partial charge >= 0.3 is 0 Å². The summed E-state index contributed by atoms with van der Waals surface area (Å²) in [5.74, 6) is 1.15. The third-order valence-electron chi connectivity index (χ3n) is 4.49. The Morgan fingerprint density at radius 1 is 1.23 bits per heavy atom. The van der Waals surface area contributed by atoms with Gasteiger partial charge in [-0.05, 0) is 32.0 Å². The molecule has 0 fully saturated rings. The molecule has 1 amide bonds. The topological polar surface area (TPSA) is 112 Å². The monoisotopic (exact) mass is 427 g/mol. The van der Waals surface area contributed by atoms with Gasteiger partial charge in [-0.3, -0.25) is 14.9 Å². The van der Waals surface area contributed by atoms with E-state index in [2.05, 4.69) is 15.5 Å². The number of amides is 1. The van der Waals surface area contributed by atoms with Crippen LogP contribution >= 0.6 is 11.8 Å². The quantitative estimate of drug-likeness (QED) is 0.329. The second-order valence-corrected chi connectivity index (χ2v) is 7.24. The summed E-state index contributed by atoms with van der Waals surface area (Å²) in [5, 5.41) is 22.9. The molecule has 0 unspecified atom stereocenters. The van der Waals surface area contributed by atoms with E-state index in [1.807, 2.05) is 35.8 Å². The minimum absolute atomic E-state index is 0.0346. The second kappa shape index (κ2) is 9.40. The van der Waals surface area contributed by atoms with Crippen molar-refractivity contribution in [2.45, 2.75) is 25.5 Å². The van der Waals surface area contributed by atoms with Crippen molar-refractivity contribution < 1.29 is 14.5 Å². The van der Waals surface area contributed by atoms with E-state index in [0.717, 1.165) is 5.56 Å². The van der Waals surface area contributed by atoms with Crippen molar-refractivity contribution in [3.63, 3.8) is 0 Å². The molecule has 0 atom stereocenters. The largest absolute Gasteiger partial charge is 0.496 e. The van der Waals surface area contributed by atoms with Crippen molar-refractivity contribution in [3.8, 4) is 17.1 Å². The van der Waals surface area contributed by atoms with E-state index in [-0.39, 0.29) is 17.3 Å². The summed E-state index contributed by atoms with van der Waals surface area (Å²) in [7, 11) is 1.60. The molecule has 10 heteroatoms. The Bertz CT molecular complexity index is 1080. The Kier molecular flexibility index (Phi) is 6.68. The van der Waals surface area contributed by atoms with Gasteiger partial charge in [-0.1, -0.05) is 30.0 Å². The number of anilines is 1. The van der Waals surface area contributed by atoms with Crippen LogP contribution in [0.15, 0.2) is 47.6 Å². The van der Waals surface area contributed by atoms with E-state index in [1.165, 1.54) is 17.8 Å². The van der Waals surface area contributed by atoms with Gasteiger partial charge < -0.3 is 14.6 Å². The number of nitro benzene ring substituents is 1. The number of carbonyl (C=O) groups is 1. The van der Waals surface area contributed by atoms with Gasteiger partial charge in [0.1, 0.15) is 5.75 Å². The number of methoxy groups -OCH3 is 1. The highest BCUT2D eigenvalue weighted by Gasteiger charge is 2.18. The van der Waals surface area contributed by atoms with Gasteiger partial charge in [0, 0.05) is 12.6 Å². The summed E-state index contributed by atoms with van der Waals surface area (Å²) < 4.78 is 7.32.